The van der Waals surface area contributed by atoms with Crippen LogP contribution in [0.15, 0.2) is 18.2 Å². The molecule has 0 atom stereocenters. The van der Waals surface area contributed by atoms with E-state index in [9.17, 15) is 4.79 Å². The van der Waals surface area contributed by atoms with Crippen LogP contribution in [0, 0.1) is 24.7 Å². The Bertz CT molecular complexity index is 562. The monoisotopic (exact) mass is 285 g/mol. The minimum absolute atomic E-state index is 0.0211. The molecule has 1 aromatic carbocycles. The van der Waals surface area contributed by atoms with Crippen molar-refractivity contribution < 1.29 is 9.90 Å². The molecule has 0 radical (unpaired) electrons. The molecule has 0 aromatic heterocycles. The van der Waals surface area contributed by atoms with E-state index in [-0.39, 0.29) is 12.5 Å². The zero-order valence-corrected chi connectivity index (χ0v) is 12.9. The molecule has 1 aliphatic carbocycles. The Morgan fingerprint density at radius 1 is 1.38 bits per heavy atom. The van der Waals surface area contributed by atoms with Gasteiger partial charge in [0.25, 0.3) is 5.91 Å². The van der Waals surface area contributed by atoms with Crippen LogP contribution in [0.2, 0.25) is 0 Å². The molecule has 3 nitrogen and oxygen atoms in total. The van der Waals surface area contributed by atoms with E-state index in [4.69, 9.17) is 5.11 Å². The lowest BCUT2D eigenvalue weighted by Crippen LogP contribution is -2.31. The number of hydrogen-bond acceptors (Lipinski definition) is 2. The predicted octanol–water partition coefficient (Wildman–Crippen LogP) is 2.60. The summed E-state index contributed by atoms with van der Waals surface area (Å²) in [6.45, 7) is 2.59. The number of carbonyl (C=O) groups excluding carboxylic acids is 1. The summed E-state index contributed by atoms with van der Waals surface area (Å²) >= 11 is 0. The summed E-state index contributed by atoms with van der Waals surface area (Å²) in [4.78, 5) is 14.5. The molecule has 0 saturated heterocycles. The van der Waals surface area contributed by atoms with Crippen LogP contribution in [0.25, 0.3) is 0 Å². The van der Waals surface area contributed by atoms with E-state index in [1.54, 1.807) is 0 Å². The maximum Gasteiger partial charge on any atom is 0.254 e. The van der Waals surface area contributed by atoms with Gasteiger partial charge < -0.3 is 10.0 Å². The second-order valence-corrected chi connectivity index (χ2v) is 5.85. The number of nitrogens with zero attached hydrogens (tertiary/aromatic N) is 1. The van der Waals surface area contributed by atoms with E-state index in [0.717, 1.165) is 12.1 Å². The Morgan fingerprint density at radius 2 is 2.10 bits per heavy atom. The average Bonchev–Trinajstić information content (AvgIpc) is 2.98. The second kappa shape index (κ2) is 7.28. The molecule has 1 amide bonds. The van der Waals surface area contributed by atoms with E-state index >= 15 is 0 Å². The Balaban J connectivity index is 2.18. The van der Waals surface area contributed by atoms with Gasteiger partial charge in [-0.2, -0.15) is 0 Å². The highest BCUT2D eigenvalue weighted by atomic mass is 16.2. The van der Waals surface area contributed by atoms with Gasteiger partial charge in [-0.1, -0.05) is 36.3 Å². The maximum atomic E-state index is 12.7. The van der Waals surface area contributed by atoms with Crippen molar-refractivity contribution >= 4 is 5.91 Å². The smallest absolute Gasteiger partial charge is 0.254 e. The largest absolute Gasteiger partial charge is 0.384 e. The highest BCUT2D eigenvalue weighted by molar-refractivity contribution is 5.96. The Labute approximate surface area is 127 Å². The van der Waals surface area contributed by atoms with Gasteiger partial charge in [0, 0.05) is 19.2 Å². The summed E-state index contributed by atoms with van der Waals surface area (Å²) in [7, 11) is 1.87. The first kappa shape index (κ1) is 15.6. The number of benzene rings is 1. The van der Waals surface area contributed by atoms with Crippen LogP contribution in [0.5, 0.6) is 0 Å². The van der Waals surface area contributed by atoms with Crippen molar-refractivity contribution in [2.45, 2.75) is 32.6 Å². The first-order chi connectivity index (χ1) is 10.1. The van der Waals surface area contributed by atoms with Gasteiger partial charge in [0.2, 0.25) is 0 Å². The quantitative estimate of drug-likeness (QED) is 0.867. The lowest BCUT2D eigenvalue weighted by molar-refractivity contribution is 0.0773. The van der Waals surface area contributed by atoms with Gasteiger partial charge >= 0.3 is 0 Å². The number of carbonyl (C=O) groups is 1. The number of hydrogen-bond donors (Lipinski definition) is 1. The molecular weight excluding hydrogens is 262 g/mol. The van der Waals surface area contributed by atoms with Crippen LogP contribution in [-0.2, 0) is 0 Å². The van der Waals surface area contributed by atoms with Crippen molar-refractivity contribution in [2.75, 3.05) is 20.2 Å². The van der Waals surface area contributed by atoms with Crippen molar-refractivity contribution in [2.24, 2.45) is 5.92 Å². The van der Waals surface area contributed by atoms with Crippen molar-refractivity contribution in [3.63, 3.8) is 0 Å². The van der Waals surface area contributed by atoms with E-state index in [2.05, 4.69) is 11.8 Å². The number of aliphatic hydroxyl groups is 1. The minimum Gasteiger partial charge on any atom is -0.384 e. The first-order valence-corrected chi connectivity index (χ1v) is 7.57. The first-order valence-electron chi connectivity index (χ1n) is 7.57. The molecule has 1 fully saturated rings. The summed E-state index contributed by atoms with van der Waals surface area (Å²) < 4.78 is 0. The molecule has 1 aliphatic rings. The third kappa shape index (κ3) is 4.09. The van der Waals surface area contributed by atoms with E-state index < -0.39 is 0 Å². The normalized spacial score (nSPS) is 14.6. The van der Waals surface area contributed by atoms with Gasteiger partial charge in [-0.15, -0.1) is 0 Å². The summed E-state index contributed by atoms with van der Waals surface area (Å²) in [5, 5.41) is 8.84. The van der Waals surface area contributed by atoms with E-state index in [1.165, 1.54) is 25.7 Å². The van der Waals surface area contributed by atoms with Gasteiger partial charge in [-0.3, -0.25) is 4.79 Å². The third-order valence-electron chi connectivity index (χ3n) is 4.06. The topological polar surface area (TPSA) is 40.5 Å². The molecule has 3 heteroatoms. The van der Waals surface area contributed by atoms with Crippen molar-refractivity contribution in [1.29, 1.82) is 0 Å². The van der Waals surface area contributed by atoms with Crippen LogP contribution in [-0.4, -0.2) is 36.1 Å². The summed E-state index contributed by atoms with van der Waals surface area (Å²) in [6, 6.07) is 5.68. The molecule has 1 N–H and O–H groups in total. The summed E-state index contributed by atoms with van der Waals surface area (Å²) in [5.41, 5.74) is 2.37. The SMILES string of the molecule is Cc1ccc(C#CCO)c(C(=O)N(C)CC2CCCC2)c1. The number of aryl methyl sites for hydroxylation is 1. The maximum absolute atomic E-state index is 12.7. The second-order valence-electron chi connectivity index (χ2n) is 5.85. The fourth-order valence-electron chi connectivity index (χ4n) is 2.95. The highest BCUT2D eigenvalue weighted by Crippen LogP contribution is 2.25. The molecule has 1 saturated carbocycles. The Kier molecular flexibility index (Phi) is 5.41. The molecule has 0 heterocycles. The Morgan fingerprint density at radius 3 is 2.76 bits per heavy atom. The molecule has 21 heavy (non-hydrogen) atoms. The zero-order valence-electron chi connectivity index (χ0n) is 12.9. The zero-order chi connectivity index (χ0) is 15.2. The lowest BCUT2D eigenvalue weighted by Gasteiger charge is -2.22. The molecule has 1 aromatic rings. The Hall–Kier alpha value is -1.79. The van der Waals surface area contributed by atoms with E-state index in [0.29, 0.717) is 17.0 Å². The molecule has 112 valence electrons. The standard InChI is InChI=1S/C18H23NO2/c1-14-9-10-16(8-5-11-20)17(12-14)18(21)19(2)13-15-6-3-4-7-15/h9-10,12,15,20H,3-4,6-7,11,13H2,1-2H3. The van der Waals surface area contributed by atoms with Crippen LogP contribution in [0.1, 0.15) is 47.2 Å². The van der Waals surface area contributed by atoms with Crippen LogP contribution in [0.4, 0.5) is 0 Å². The van der Waals surface area contributed by atoms with Crippen LogP contribution >= 0.6 is 0 Å². The van der Waals surface area contributed by atoms with Crippen LogP contribution in [0.3, 0.4) is 0 Å². The van der Waals surface area contributed by atoms with Gasteiger partial charge in [0.15, 0.2) is 0 Å². The molecule has 0 unspecified atom stereocenters. The van der Waals surface area contributed by atoms with Crippen molar-refractivity contribution in [3.05, 3.63) is 34.9 Å². The number of amides is 1. The molecule has 0 bridgehead atoms. The van der Waals surface area contributed by atoms with Gasteiger partial charge in [0.1, 0.15) is 6.61 Å². The van der Waals surface area contributed by atoms with E-state index in [1.807, 2.05) is 37.1 Å². The number of aliphatic hydroxyl groups excluding tert-OH is 1. The van der Waals surface area contributed by atoms with Gasteiger partial charge in [-0.25, -0.2) is 0 Å². The molecule has 0 aliphatic heterocycles. The third-order valence-corrected chi connectivity index (χ3v) is 4.06. The van der Waals surface area contributed by atoms with Crippen molar-refractivity contribution in [1.82, 2.24) is 4.90 Å². The minimum atomic E-state index is -0.195. The lowest BCUT2D eigenvalue weighted by atomic mass is 10.0. The van der Waals surface area contributed by atoms with Gasteiger partial charge in [0.05, 0.1) is 5.56 Å². The predicted molar refractivity (Wildman–Crippen MR) is 84.1 cm³/mol. The fraction of sp³-hybridized carbons (Fsp3) is 0.500. The fourth-order valence-corrected chi connectivity index (χ4v) is 2.95. The average molecular weight is 285 g/mol. The van der Waals surface area contributed by atoms with Crippen LogP contribution < -0.4 is 0 Å². The molecule has 0 spiro atoms. The highest BCUT2D eigenvalue weighted by Gasteiger charge is 2.21. The summed E-state index contributed by atoms with van der Waals surface area (Å²) in [6.07, 6.45) is 5.01. The molecular formula is C18H23NO2. The molecule has 2 rings (SSSR count). The van der Waals surface area contributed by atoms with Crippen molar-refractivity contribution in [3.8, 4) is 11.8 Å². The number of rotatable bonds is 3. The van der Waals surface area contributed by atoms with Gasteiger partial charge in [-0.05, 0) is 37.8 Å². The summed E-state index contributed by atoms with van der Waals surface area (Å²) in [5.74, 6) is 6.15.